The number of carboxylic acid groups (broad SMARTS) is 2. The molecule has 4 unspecified atom stereocenters. The monoisotopic (exact) mass is 1220 g/mol. The highest BCUT2D eigenvalue weighted by Crippen LogP contribution is 2.35. The number of carbonyl (C=O) groups excluding carboxylic acids is 8. The lowest BCUT2D eigenvalue weighted by Crippen LogP contribution is -2.61. The number of para-hydroxylation sites is 1. The Morgan fingerprint density at radius 1 is 0.602 bits per heavy atom. The molecule has 466 valence electrons. The lowest BCUT2D eigenvalue weighted by Gasteiger charge is -2.32. The number of anilines is 1. The second-order valence-corrected chi connectivity index (χ2v) is 21.0. The third-order valence-electron chi connectivity index (χ3n) is 14.6. The number of unbranched alkanes of at least 4 members (excludes halogenated alkanes) is 1. The number of ether oxygens (including phenoxy) is 1. The first-order valence-corrected chi connectivity index (χ1v) is 27.9. The summed E-state index contributed by atoms with van der Waals surface area (Å²) in [5, 5.41) is 66.0. The van der Waals surface area contributed by atoms with Gasteiger partial charge in [0.25, 0.3) is 5.91 Å². The number of nitrogens with one attached hydrogen (secondary N) is 7. The van der Waals surface area contributed by atoms with E-state index in [0.29, 0.717) is 28.1 Å². The number of nitrogens with zero attached hydrogens (tertiary/aromatic N) is 1. The lowest BCUT2D eigenvalue weighted by molar-refractivity contribution is -0.192. The zero-order valence-electron chi connectivity index (χ0n) is 46.9. The summed E-state index contributed by atoms with van der Waals surface area (Å²) in [6, 6.07) is 30.9. The smallest absolute Gasteiger partial charge is 0.489 e. The van der Waals surface area contributed by atoms with Crippen molar-refractivity contribution >= 4 is 64.9 Å². The third-order valence-corrected chi connectivity index (χ3v) is 14.6. The Balaban J connectivity index is 0.00000149. The molecule has 3 aliphatic rings. The van der Waals surface area contributed by atoms with E-state index >= 15 is 14.4 Å². The zero-order chi connectivity index (χ0) is 63.7. The minimum absolute atomic E-state index is 0.0472. The number of amides is 8. The van der Waals surface area contributed by atoms with Crippen LogP contribution in [0.2, 0.25) is 0 Å². The topological polar surface area (TPSA) is 369 Å². The standard InChI is InChI=1S/C59H64N8O14.C2HF3O2/c68-38-30-47-55(75)66-48(37-18-8-3-9-19-37)56(76)64-45(31-41-40-20-10-11-21-42(40)61-51(41)71)54(74)62-43(22-12-13-27-60-57(77)49(69)50(70)59(79)80)52(72)63-44(28-35-23-25-39(26-24-35)81-33-36-16-6-2-7-17-36)53(73)65-46(58(78)67(47)32-38)29-34-14-4-1-5-15-34;3-2(4,5)1(6)7/h1-11,14-21,23-26,38,41,43-50,68-70H,12-13,22,27-33H2,(H,60,77)(H,61,71)(H,62,74)(H,63,72)(H,64,76)(H,65,73)(H,66,75)(H,79,80);(H,6,7)/t38?,41?,43-,44-,45+,46-,47-,48-,49?,50?;/m0./s1. The summed E-state index contributed by atoms with van der Waals surface area (Å²) >= 11 is 0. The molecule has 0 saturated carbocycles. The molecule has 0 radical (unpaired) electrons. The van der Waals surface area contributed by atoms with Crippen LogP contribution in [0.4, 0.5) is 18.9 Å². The number of benzene rings is 5. The van der Waals surface area contributed by atoms with Crippen molar-refractivity contribution in [3.8, 4) is 5.75 Å². The molecule has 8 rings (SSSR count). The van der Waals surface area contributed by atoms with Crippen molar-refractivity contribution in [1.29, 1.82) is 0 Å². The molecule has 88 heavy (non-hydrogen) atoms. The van der Waals surface area contributed by atoms with Crippen molar-refractivity contribution in [2.24, 2.45) is 0 Å². The molecule has 27 heteroatoms. The molecule has 10 atom stereocenters. The summed E-state index contributed by atoms with van der Waals surface area (Å²) in [7, 11) is 0. The van der Waals surface area contributed by atoms with Crippen molar-refractivity contribution in [2.45, 2.75) is 118 Å². The van der Waals surface area contributed by atoms with Crippen LogP contribution in [-0.2, 0) is 67.4 Å². The van der Waals surface area contributed by atoms with E-state index in [0.717, 1.165) is 10.5 Å². The number of carboxylic acids is 2. The highest BCUT2D eigenvalue weighted by atomic mass is 19.4. The van der Waals surface area contributed by atoms with Crippen molar-refractivity contribution in [2.75, 3.05) is 18.4 Å². The van der Waals surface area contributed by atoms with E-state index in [9.17, 15) is 57.3 Å². The molecular formula is C61H65F3N8O16. The van der Waals surface area contributed by atoms with Gasteiger partial charge in [0.1, 0.15) is 48.6 Å². The van der Waals surface area contributed by atoms with Gasteiger partial charge in [0.2, 0.25) is 41.4 Å². The van der Waals surface area contributed by atoms with E-state index in [4.69, 9.17) is 19.7 Å². The van der Waals surface area contributed by atoms with Gasteiger partial charge >= 0.3 is 18.1 Å². The lowest BCUT2D eigenvalue weighted by atomic mass is 9.92. The van der Waals surface area contributed by atoms with E-state index < -0.39 is 126 Å². The molecule has 3 heterocycles. The summed E-state index contributed by atoms with van der Waals surface area (Å²) in [4.78, 5) is 137. The molecular weight excluding hydrogens is 1160 g/mol. The molecule has 5 aromatic carbocycles. The van der Waals surface area contributed by atoms with Gasteiger partial charge < -0.3 is 72.4 Å². The predicted molar refractivity (Wildman–Crippen MR) is 305 cm³/mol. The number of halogens is 3. The van der Waals surface area contributed by atoms with Gasteiger partial charge in [0.05, 0.1) is 12.0 Å². The molecule has 2 fully saturated rings. The van der Waals surface area contributed by atoms with Gasteiger partial charge in [0, 0.05) is 38.0 Å². The first kappa shape index (κ1) is 65.8. The number of aliphatic carboxylic acids is 2. The Morgan fingerprint density at radius 3 is 1.77 bits per heavy atom. The number of aliphatic hydroxyl groups is 3. The molecule has 2 saturated heterocycles. The number of carbonyl (C=O) groups is 10. The van der Waals surface area contributed by atoms with Gasteiger partial charge in [-0.3, -0.25) is 38.4 Å². The van der Waals surface area contributed by atoms with Crippen LogP contribution in [0, 0.1) is 0 Å². The number of rotatable bonds is 18. The van der Waals surface area contributed by atoms with Crippen LogP contribution in [0.3, 0.4) is 0 Å². The molecule has 5 aromatic rings. The normalized spacial score (nSPS) is 22.4. The molecule has 12 N–H and O–H groups in total. The average Bonchev–Trinajstić information content (AvgIpc) is 2.44. The van der Waals surface area contributed by atoms with E-state index in [1.165, 1.54) is 0 Å². The highest BCUT2D eigenvalue weighted by molar-refractivity contribution is 6.04. The minimum Gasteiger partial charge on any atom is -0.489 e. The molecule has 0 spiro atoms. The maximum Gasteiger partial charge on any atom is 0.490 e. The zero-order valence-corrected chi connectivity index (χ0v) is 46.9. The first-order chi connectivity index (χ1) is 42.0. The molecule has 0 bridgehead atoms. The largest absolute Gasteiger partial charge is 0.490 e. The second kappa shape index (κ2) is 30.6. The molecule has 8 amide bonds. The van der Waals surface area contributed by atoms with Crippen molar-refractivity contribution < 1.29 is 91.4 Å². The van der Waals surface area contributed by atoms with Gasteiger partial charge in [-0.1, -0.05) is 121 Å². The van der Waals surface area contributed by atoms with Crippen molar-refractivity contribution in [3.63, 3.8) is 0 Å². The summed E-state index contributed by atoms with van der Waals surface area (Å²) in [5.41, 5.74) is 3.34. The summed E-state index contributed by atoms with van der Waals surface area (Å²) in [5.74, 6) is -11.9. The number of fused-ring (bicyclic) bond motifs is 2. The third kappa shape index (κ3) is 18.2. The number of alkyl halides is 3. The van der Waals surface area contributed by atoms with Crippen LogP contribution in [0.15, 0.2) is 140 Å². The molecule has 0 aliphatic carbocycles. The Hall–Kier alpha value is -9.73. The molecule has 3 aliphatic heterocycles. The maximum absolute atomic E-state index is 15.0. The Bertz CT molecular complexity index is 3290. The van der Waals surface area contributed by atoms with E-state index in [2.05, 4.69) is 37.2 Å². The Labute approximate surface area is 501 Å². The van der Waals surface area contributed by atoms with E-state index in [1.807, 2.05) is 30.3 Å². The predicted octanol–water partition coefficient (Wildman–Crippen LogP) is 1.68. The second-order valence-electron chi connectivity index (χ2n) is 21.0. The molecule has 24 nitrogen and oxygen atoms in total. The Kier molecular flexibility index (Phi) is 22.9. The van der Waals surface area contributed by atoms with Crippen LogP contribution in [0.25, 0.3) is 0 Å². The van der Waals surface area contributed by atoms with Crippen LogP contribution in [0.5, 0.6) is 5.75 Å². The minimum atomic E-state index is -5.08. The van der Waals surface area contributed by atoms with Crippen LogP contribution < -0.4 is 42.0 Å². The van der Waals surface area contributed by atoms with Gasteiger partial charge in [-0.25, -0.2) is 9.59 Å². The number of hydrogen-bond donors (Lipinski definition) is 12. The van der Waals surface area contributed by atoms with Gasteiger partial charge in [-0.2, -0.15) is 13.2 Å². The van der Waals surface area contributed by atoms with Gasteiger partial charge in [-0.05, 0) is 71.7 Å². The van der Waals surface area contributed by atoms with Crippen LogP contribution in [-0.4, -0.2) is 157 Å². The highest BCUT2D eigenvalue weighted by Gasteiger charge is 2.45. The van der Waals surface area contributed by atoms with Gasteiger partial charge in [0.15, 0.2) is 12.2 Å². The summed E-state index contributed by atoms with van der Waals surface area (Å²) in [6.45, 7) is -0.237. The van der Waals surface area contributed by atoms with Gasteiger partial charge in [-0.15, -0.1) is 0 Å². The van der Waals surface area contributed by atoms with Crippen LogP contribution in [0.1, 0.15) is 71.9 Å². The quantitative estimate of drug-likeness (QED) is 0.0555. The maximum atomic E-state index is 15.0. The SMILES string of the molecule is O=C(O)C(F)(F)F.O=C1Nc2ccccc2C1C[C@H]1NC(=O)[C@H](c2ccccc2)NC(=O)[C@@H]2CC(O)CN2C(=O)[C@H](Cc2ccccc2)NC(=O)[C@H](Cc2ccc(OCc3ccccc3)cc2)NC(=O)[C@H](CCCCNC(=O)C(O)C(O)C(=O)O)NC1=O. The fourth-order valence-corrected chi connectivity index (χ4v) is 10.0. The number of hydrogen-bond acceptors (Lipinski definition) is 14. The summed E-state index contributed by atoms with van der Waals surface area (Å²) in [6.07, 6.45) is -11.9. The summed E-state index contributed by atoms with van der Waals surface area (Å²) < 4.78 is 37.7. The fraction of sp³-hybridized carbons (Fsp3) is 0.344. The van der Waals surface area contributed by atoms with E-state index in [-0.39, 0.29) is 70.2 Å². The number of aliphatic hydroxyl groups excluding tert-OH is 3. The molecule has 0 aromatic heterocycles. The Morgan fingerprint density at radius 2 is 1.14 bits per heavy atom. The van der Waals surface area contributed by atoms with Crippen molar-refractivity contribution in [1.82, 2.24) is 36.8 Å². The fourth-order valence-electron chi connectivity index (χ4n) is 10.0. The van der Waals surface area contributed by atoms with Crippen LogP contribution >= 0.6 is 0 Å². The van der Waals surface area contributed by atoms with E-state index in [1.54, 1.807) is 109 Å². The van der Waals surface area contributed by atoms with Crippen molar-refractivity contribution in [3.05, 3.63) is 167 Å². The first-order valence-electron chi connectivity index (χ1n) is 27.9. The average molecular weight is 1220 g/mol.